The second-order valence-corrected chi connectivity index (χ2v) is 2.90. The van der Waals surface area contributed by atoms with E-state index in [0.29, 0.717) is 7.66 Å². The van der Waals surface area contributed by atoms with Gasteiger partial charge in [0.25, 0.3) is 0 Å². The number of hydrogen-bond donors (Lipinski definition) is 0. The van der Waals surface area contributed by atoms with E-state index in [2.05, 4.69) is 0 Å². The molecule has 0 aromatic heterocycles. The second-order valence-electron chi connectivity index (χ2n) is 0.322. The van der Waals surface area contributed by atoms with E-state index in [1.54, 1.807) is 11.4 Å². The van der Waals surface area contributed by atoms with Gasteiger partial charge in [-0.2, -0.15) is 11.4 Å². The zero-order valence-corrected chi connectivity index (χ0v) is 4.30. The second kappa shape index (κ2) is 3.84. The van der Waals surface area contributed by atoms with Crippen molar-refractivity contribution < 1.29 is 0 Å². The van der Waals surface area contributed by atoms with Crippen molar-refractivity contribution in [1.82, 2.24) is 0 Å². The molecule has 0 aromatic rings. The highest BCUT2D eigenvalue weighted by Gasteiger charge is 1.54. The van der Waals surface area contributed by atoms with E-state index in [1.165, 1.54) is 0 Å². The minimum atomic E-state index is 0.557. The summed E-state index contributed by atoms with van der Waals surface area (Å²) in [5, 5.41) is 0. The van der Waals surface area contributed by atoms with Crippen molar-refractivity contribution in [3.63, 3.8) is 0 Å². The molecule has 0 nitrogen and oxygen atoms in total. The summed E-state index contributed by atoms with van der Waals surface area (Å²) in [5.74, 6) is 0. The minimum absolute atomic E-state index is 0.557. The molecule has 0 heterocycles. The molecule has 0 N–H and O–H groups in total. The van der Waals surface area contributed by atoms with Crippen LogP contribution in [0.15, 0.2) is 0 Å². The van der Waals surface area contributed by atoms with Crippen LogP contribution in [0.4, 0.5) is 0 Å². The standard InChI is InChI=1S/CH4BPS/c1-4-3-2/h3H,1H3. The fourth-order valence-corrected chi connectivity index (χ4v) is 0. The van der Waals surface area contributed by atoms with E-state index in [4.69, 9.17) is 7.57 Å². The van der Waals surface area contributed by atoms with Crippen LogP contribution in [0.5, 0.6) is 0 Å². The molecule has 0 amide bonds. The Kier molecular flexibility index (Phi) is 4.66. The first-order chi connectivity index (χ1) is 1.91. The van der Waals surface area contributed by atoms with Crippen molar-refractivity contribution in [3.05, 3.63) is 0 Å². The molecule has 0 saturated carbocycles. The summed E-state index contributed by atoms with van der Waals surface area (Å²) in [7, 11) is 5.58. The lowest BCUT2D eigenvalue weighted by Gasteiger charge is -1.70. The highest BCUT2D eigenvalue weighted by atomic mass is 32.7. The average Bonchev–Trinajstić information content (AvgIpc) is 1.37. The monoisotopic (exact) mass is 90.0 g/mol. The SMILES string of the molecule is [B]PSC. The molecule has 0 aliphatic carbocycles. The summed E-state index contributed by atoms with van der Waals surface area (Å²) in [6, 6.07) is 0. The van der Waals surface area contributed by atoms with Gasteiger partial charge in [-0.25, -0.2) is 0 Å². The topological polar surface area (TPSA) is 0 Å². The molecule has 2 radical (unpaired) electrons. The molecule has 1 atom stereocenters. The Morgan fingerprint density at radius 2 is 2.25 bits per heavy atom. The van der Waals surface area contributed by atoms with Gasteiger partial charge in [0.15, 0.2) is 0 Å². The van der Waals surface area contributed by atoms with Crippen LogP contribution in [0.3, 0.4) is 0 Å². The van der Waals surface area contributed by atoms with Crippen LogP contribution in [-0.2, 0) is 0 Å². The van der Waals surface area contributed by atoms with Gasteiger partial charge in [0.1, 0.15) is 7.57 Å². The van der Waals surface area contributed by atoms with E-state index in [9.17, 15) is 0 Å². The third-order valence-electron chi connectivity index (χ3n) is 0.118. The Bertz CT molecular complexity index is 10.0. The zero-order valence-electron chi connectivity index (χ0n) is 2.49. The summed E-state index contributed by atoms with van der Waals surface area (Å²) >= 11 is 1.66. The van der Waals surface area contributed by atoms with Gasteiger partial charge in [0.2, 0.25) is 0 Å². The highest BCUT2D eigenvalue weighted by Crippen LogP contribution is 2.17. The Morgan fingerprint density at radius 1 is 2.00 bits per heavy atom. The average molecular weight is 89.9 g/mol. The van der Waals surface area contributed by atoms with Crippen molar-refractivity contribution in [1.29, 1.82) is 0 Å². The van der Waals surface area contributed by atoms with Gasteiger partial charge >= 0.3 is 0 Å². The summed E-state index contributed by atoms with van der Waals surface area (Å²) in [6.45, 7) is 0. The maximum absolute atomic E-state index is 5.02. The summed E-state index contributed by atoms with van der Waals surface area (Å²) in [5.41, 5.74) is 0. The molecule has 0 bridgehead atoms. The molecule has 0 aromatic carbocycles. The van der Waals surface area contributed by atoms with Gasteiger partial charge in [0.05, 0.1) is 0 Å². The van der Waals surface area contributed by atoms with E-state index < -0.39 is 0 Å². The molecule has 0 rings (SSSR count). The quantitative estimate of drug-likeness (QED) is 0.342. The van der Waals surface area contributed by atoms with E-state index in [0.717, 1.165) is 0 Å². The molecular weight excluding hydrogens is 85.9 g/mol. The first kappa shape index (κ1) is 4.84. The predicted molar refractivity (Wildman–Crippen MR) is 27.6 cm³/mol. The summed E-state index contributed by atoms with van der Waals surface area (Å²) < 4.78 is 0. The van der Waals surface area contributed by atoms with Gasteiger partial charge in [0, 0.05) is 0 Å². The number of rotatable bonds is 1. The van der Waals surface area contributed by atoms with E-state index in [-0.39, 0.29) is 0 Å². The molecule has 3 heteroatoms. The molecule has 0 spiro atoms. The lowest BCUT2D eigenvalue weighted by Crippen LogP contribution is -1.27. The molecule has 0 aliphatic rings. The minimum Gasteiger partial charge on any atom is -0.152 e. The highest BCUT2D eigenvalue weighted by molar-refractivity contribution is 8.55. The molecule has 4 heavy (non-hydrogen) atoms. The molecular formula is CH4BPS. The first-order valence-electron chi connectivity index (χ1n) is 0.901. The fraction of sp³-hybridized carbons (Fsp3) is 1.00. The maximum Gasteiger partial charge on any atom is 0.119 e. The normalized spacial score (nSPS) is 10.2. The summed E-state index contributed by atoms with van der Waals surface area (Å²) in [6.07, 6.45) is 1.98. The largest absolute Gasteiger partial charge is 0.152 e. The van der Waals surface area contributed by atoms with Gasteiger partial charge in [-0.1, -0.05) is 0 Å². The van der Waals surface area contributed by atoms with Crippen LogP contribution >= 0.6 is 19.0 Å². The number of hydrogen-bond acceptors (Lipinski definition) is 1. The third-order valence-corrected chi connectivity index (χ3v) is 1.06. The van der Waals surface area contributed by atoms with Crippen LogP contribution in [-0.4, -0.2) is 13.8 Å². The lowest BCUT2D eigenvalue weighted by molar-refractivity contribution is 2.54. The van der Waals surface area contributed by atoms with Crippen molar-refractivity contribution in [2.75, 3.05) is 6.26 Å². The molecule has 0 fully saturated rings. The van der Waals surface area contributed by atoms with Gasteiger partial charge in [-0.15, -0.1) is 7.66 Å². The van der Waals surface area contributed by atoms with Crippen LogP contribution in [0.25, 0.3) is 0 Å². The van der Waals surface area contributed by atoms with Gasteiger partial charge in [-0.05, 0) is 6.26 Å². The van der Waals surface area contributed by atoms with Gasteiger partial charge < -0.3 is 0 Å². The van der Waals surface area contributed by atoms with Crippen LogP contribution in [0.2, 0.25) is 0 Å². The van der Waals surface area contributed by atoms with Crippen molar-refractivity contribution in [3.8, 4) is 0 Å². The smallest absolute Gasteiger partial charge is 0.119 e. The first-order valence-corrected chi connectivity index (χ1v) is 3.93. The lowest BCUT2D eigenvalue weighted by atomic mass is 10.8. The van der Waals surface area contributed by atoms with Crippen LogP contribution < -0.4 is 0 Å². The van der Waals surface area contributed by atoms with Crippen molar-refractivity contribution >= 4 is 26.6 Å². The molecule has 0 aliphatic heterocycles. The zero-order chi connectivity index (χ0) is 3.41. The Morgan fingerprint density at radius 3 is 2.25 bits per heavy atom. The maximum atomic E-state index is 5.02. The molecule has 22 valence electrons. The Hall–Kier alpha value is 0.845. The van der Waals surface area contributed by atoms with Crippen molar-refractivity contribution in [2.24, 2.45) is 0 Å². The van der Waals surface area contributed by atoms with Crippen LogP contribution in [0.1, 0.15) is 0 Å². The van der Waals surface area contributed by atoms with Crippen molar-refractivity contribution in [2.45, 2.75) is 0 Å². The Balaban J connectivity index is 1.97. The summed E-state index contributed by atoms with van der Waals surface area (Å²) in [4.78, 5) is 0. The molecule has 0 saturated heterocycles. The fourth-order valence-electron chi connectivity index (χ4n) is 0. The Labute approximate surface area is 33.6 Å². The van der Waals surface area contributed by atoms with E-state index in [1.807, 2.05) is 6.26 Å². The van der Waals surface area contributed by atoms with E-state index >= 15 is 0 Å². The van der Waals surface area contributed by atoms with Crippen LogP contribution in [0, 0.1) is 0 Å². The molecule has 1 unspecified atom stereocenters. The predicted octanol–water partition coefficient (Wildman–Crippen LogP) is 1.03. The van der Waals surface area contributed by atoms with Gasteiger partial charge in [-0.3, -0.25) is 0 Å². The third kappa shape index (κ3) is 2.84.